The smallest absolute Gasteiger partial charge is 0.251 e. The normalized spacial score (nSPS) is 16.2. The Morgan fingerprint density at radius 2 is 2.00 bits per heavy atom. The Balaban J connectivity index is 1.30. The number of rotatable bonds is 8. The summed E-state index contributed by atoms with van der Waals surface area (Å²) in [5.74, 6) is 1.39. The molecular weight excluding hydrogens is 406 g/mol. The molecule has 1 atom stereocenters. The standard InChI is InChI=1S/C24H29N5O3/c1-2-3-15-32-20-11-9-18(10-12-20)24(31)25-16-22(30)28-13-6-7-19(17-28)23-27-26-21-8-4-5-14-29(21)23/h4-5,8-12,14,19H,2-3,6-7,13,15-17H2,1H3,(H,25,31). The second kappa shape index (κ2) is 10.3. The number of carbonyl (C=O) groups is 2. The molecule has 0 aliphatic carbocycles. The highest BCUT2D eigenvalue weighted by molar-refractivity contribution is 5.96. The number of hydrogen-bond donors (Lipinski definition) is 1. The van der Waals surface area contributed by atoms with Crippen molar-refractivity contribution >= 4 is 17.5 Å². The van der Waals surface area contributed by atoms with Gasteiger partial charge in [0.2, 0.25) is 5.91 Å². The van der Waals surface area contributed by atoms with Gasteiger partial charge < -0.3 is 15.0 Å². The Labute approximate surface area is 187 Å². The minimum atomic E-state index is -0.268. The van der Waals surface area contributed by atoms with Crippen molar-refractivity contribution in [1.82, 2.24) is 24.8 Å². The summed E-state index contributed by atoms with van der Waals surface area (Å²) in [6.07, 6.45) is 5.87. The lowest BCUT2D eigenvalue weighted by Gasteiger charge is -2.32. The number of carbonyl (C=O) groups excluding carboxylic acids is 2. The van der Waals surface area contributed by atoms with Crippen LogP contribution in [0.3, 0.4) is 0 Å². The van der Waals surface area contributed by atoms with E-state index in [0.29, 0.717) is 25.3 Å². The monoisotopic (exact) mass is 435 g/mol. The average Bonchev–Trinajstić information content (AvgIpc) is 3.27. The predicted molar refractivity (Wildman–Crippen MR) is 121 cm³/mol. The first-order valence-corrected chi connectivity index (χ1v) is 11.2. The number of amides is 2. The summed E-state index contributed by atoms with van der Waals surface area (Å²) in [6.45, 7) is 4.01. The number of nitrogens with zero attached hydrogens (tertiary/aromatic N) is 4. The number of fused-ring (bicyclic) bond motifs is 1. The molecule has 0 bridgehead atoms. The number of aromatic nitrogens is 3. The highest BCUT2D eigenvalue weighted by Crippen LogP contribution is 2.26. The molecule has 8 nitrogen and oxygen atoms in total. The molecule has 1 saturated heterocycles. The van der Waals surface area contributed by atoms with Gasteiger partial charge in [-0.15, -0.1) is 10.2 Å². The third kappa shape index (κ3) is 5.07. The number of pyridine rings is 1. The van der Waals surface area contributed by atoms with Crippen molar-refractivity contribution in [2.45, 2.75) is 38.5 Å². The largest absolute Gasteiger partial charge is 0.494 e. The van der Waals surface area contributed by atoms with Crippen molar-refractivity contribution in [3.8, 4) is 5.75 Å². The van der Waals surface area contributed by atoms with Crippen LogP contribution in [0.15, 0.2) is 48.7 Å². The molecule has 3 aromatic rings. The van der Waals surface area contributed by atoms with E-state index < -0.39 is 0 Å². The van der Waals surface area contributed by atoms with E-state index in [0.717, 1.165) is 42.9 Å². The van der Waals surface area contributed by atoms with Gasteiger partial charge in [0.25, 0.3) is 5.91 Å². The van der Waals surface area contributed by atoms with Gasteiger partial charge in [0.05, 0.1) is 13.2 Å². The molecule has 2 amide bonds. The Morgan fingerprint density at radius 3 is 2.81 bits per heavy atom. The second-order valence-electron chi connectivity index (χ2n) is 8.08. The molecule has 1 aliphatic heterocycles. The minimum absolute atomic E-state index is 0.0269. The molecule has 1 unspecified atom stereocenters. The quantitative estimate of drug-likeness (QED) is 0.550. The topological polar surface area (TPSA) is 88.8 Å². The lowest BCUT2D eigenvalue weighted by atomic mass is 9.97. The Hall–Kier alpha value is -3.42. The van der Waals surface area contributed by atoms with E-state index in [1.165, 1.54) is 0 Å². The van der Waals surface area contributed by atoms with Gasteiger partial charge in [-0.05, 0) is 55.7 Å². The predicted octanol–water partition coefficient (Wildman–Crippen LogP) is 3.04. The van der Waals surface area contributed by atoms with E-state index >= 15 is 0 Å². The first-order chi connectivity index (χ1) is 15.7. The van der Waals surface area contributed by atoms with E-state index in [9.17, 15) is 9.59 Å². The number of hydrogen-bond acceptors (Lipinski definition) is 5. The van der Waals surface area contributed by atoms with Crippen molar-refractivity contribution in [2.75, 3.05) is 26.2 Å². The first kappa shape index (κ1) is 21.8. The summed E-state index contributed by atoms with van der Waals surface area (Å²) in [4.78, 5) is 27.0. The average molecular weight is 436 g/mol. The van der Waals surface area contributed by atoms with Crippen LogP contribution in [-0.2, 0) is 4.79 Å². The van der Waals surface area contributed by atoms with Crippen LogP contribution in [0.4, 0.5) is 0 Å². The molecule has 1 N–H and O–H groups in total. The number of likely N-dealkylation sites (tertiary alicyclic amines) is 1. The molecule has 32 heavy (non-hydrogen) atoms. The maximum Gasteiger partial charge on any atom is 0.251 e. The SMILES string of the molecule is CCCCOc1ccc(C(=O)NCC(=O)N2CCCC(c3nnc4ccccn34)C2)cc1. The van der Waals surface area contributed by atoms with Crippen LogP contribution in [0.2, 0.25) is 0 Å². The lowest BCUT2D eigenvalue weighted by Crippen LogP contribution is -2.44. The van der Waals surface area contributed by atoms with Crippen molar-refractivity contribution in [1.29, 1.82) is 0 Å². The molecule has 3 heterocycles. The number of unbranched alkanes of at least 4 members (excludes halogenated alkanes) is 1. The van der Waals surface area contributed by atoms with Crippen molar-refractivity contribution in [3.63, 3.8) is 0 Å². The summed E-state index contributed by atoms with van der Waals surface area (Å²) < 4.78 is 7.60. The molecule has 0 spiro atoms. The van der Waals surface area contributed by atoms with Crippen molar-refractivity contribution in [2.24, 2.45) is 0 Å². The van der Waals surface area contributed by atoms with Gasteiger partial charge in [-0.1, -0.05) is 19.4 Å². The van der Waals surface area contributed by atoms with E-state index in [1.54, 1.807) is 24.3 Å². The van der Waals surface area contributed by atoms with Crippen LogP contribution in [-0.4, -0.2) is 57.6 Å². The fourth-order valence-corrected chi connectivity index (χ4v) is 3.96. The maximum atomic E-state index is 12.8. The number of benzene rings is 1. The van der Waals surface area contributed by atoms with Crippen LogP contribution in [0, 0.1) is 0 Å². The van der Waals surface area contributed by atoms with E-state index in [1.807, 2.05) is 33.7 Å². The van der Waals surface area contributed by atoms with Crippen LogP contribution >= 0.6 is 0 Å². The molecule has 2 aromatic heterocycles. The molecular formula is C24H29N5O3. The maximum absolute atomic E-state index is 12.8. The number of ether oxygens (including phenoxy) is 1. The zero-order valence-corrected chi connectivity index (χ0v) is 18.4. The summed E-state index contributed by atoms with van der Waals surface area (Å²) in [6, 6.07) is 12.8. The Kier molecular flexibility index (Phi) is 6.99. The molecule has 0 saturated carbocycles. The molecule has 1 fully saturated rings. The highest BCUT2D eigenvalue weighted by Gasteiger charge is 2.28. The fourth-order valence-electron chi connectivity index (χ4n) is 3.96. The fraction of sp³-hybridized carbons (Fsp3) is 0.417. The summed E-state index contributed by atoms with van der Waals surface area (Å²) in [7, 11) is 0. The van der Waals surface area contributed by atoms with Crippen LogP contribution in [0.1, 0.15) is 54.7 Å². The van der Waals surface area contributed by atoms with Crippen LogP contribution in [0.25, 0.3) is 5.65 Å². The highest BCUT2D eigenvalue weighted by atomic mass is 16.5. The molecule has 0 radical (unpaired) electrons. The summed E-state index contributed by atoms with van der Waals surface area (Å²) >= 11 is 0. The molecule has 1 aliphatic rings. The third-order valence-electron chi connectivity index (χ3n) is 5.76. The minimum Gasteiger partial charge on any atom is -0.494 e. The van der Waals surface area contributed by atoms with Gasteiger partial charge in [-0.25, -0.2) is 0 Å². The number of nitrogens with one attached hydrogen (secondary N) is 1. The van der Waals surface area contributed by atoms with Gasteiger partial charge in [0, 0.05) is 30.8 Å². The zero-order chi connectivity index (χ0) is 22.3. The van der Waals surface area contributed by atoms with Crippen molar-refractivity contribution in [3.05, 3.63) is 60.0 Å². The first-order valence-electron chi connectivity index (χ1n) is 11.2. The van der Waals surface area contributed by atoms with Gasteiger partial charge >= 0.3 is 0 Å². The van der Waals surface area contributed by atoms with E-state index in [4.69, 9.17) is 4.74 Å². The lowest BCUT2D eigenvalue weighted by molar-refractivity contribution is -0.131. The van der Waals surface area contributed by atoms with E-state index in [-0.39, 0.29) is 24.3 Å². The Morgan fingerprint density at radius 1 is 1.16 bits per heavy atom. The van der Waals surface area contributed by atoms with Crippen molar-refractivity contribution < 1.29 is 14.3 Å². The summed E-state index contributed by atoms with van der Waals surface area (Å²) in [5, 5.41) is 11.3. The van der Waals surface area contributed by atoms with Crippen LogP contribution in [0.5, 0.6) is 5.75 Å². The van der Waals surface area contributed by atoms with Gasteiger partial charge in [0.1, 0.15) is 11.6 Å². The van der Waals surface area contributed by atoms with Gasteiger partial charge in [0.15, 0.2) is 5.65 Å². The molecule has 4 rings (SSSR count). The Bertz CT molecular complexity index is 1060. The van der Waals surface area contributed by atoms with E-state index in [2.05, 4.69) is 22.4 Å². The molecule has 168 valence electrons. The second-order valence-corrected chi connectivity index (χ2v) is 8.08. The zero-order valence-electron chi connectivity index (χ0n) is 18.4. The van der Waals surface area contributed by atoms with Gasteiger partial charge in [-0.3, -0.25) is 14.0 Å². The van der Waals surface area contributed by atoms with Gasteiger partial charge in [-0.2, -0.15) is 0 Å². The van der Waals surface area contributed by atoms with Crippen LogP contribution < -0.4 is 10.1 Å². The summed E-state index contributed by atoms with van der Waals surface area (Å²) in [5.41, 5.74) is 1.31. The molecule has 8 heteroatoms. The third-order valence-corrected chi connectivity index (χ3v) is 5.76. The molecule has 1 aromatic carbocycles. The number of piperidine rings is 1.